The topological polar surface area (TPSA) is 46.6 Å². The summed E-state index contributed by atoms with van der Waals surface area (Å²) in [5.41, 5.74) is 4.54. The van der Waals surface area contributed by atoms with Crippen molar-refractivity contribution in [1.29, 1.82) is 0 Å². The zero-order chi connectivity index (χ0) is 20.3. The van der Waals surface area contributed by atoms with Gasteiger partial charge in [-0.15, -0.1) is 0 Å². The molecule has 0 saturated carbocycles. The van der Waals surface area contributed by atoms with Gasteiger partial charge in [-0.1, -0.05) is 48.5 Å². The highest BCUT2D eigenvalue weighted by atomic mass is 16.5. The Hall–Kier alpha value is -3.14. The minimum Gasteiger partial charge on any atom is -0.463 e. The van der Waals surface area contributed by atoms with Gasteiger partial charge < -0.3 is 9.64 Å². The Labute approximate surface area is 166 Å². The van der Waals surface area contributed by atoms with E-state index >= 15 is 0 Å². The van der Waals surface area contributed by atoms with E-state index in [4.69, 9.17) is 4.74 Å². The molecule has 0 radical (unpaired) electrons. The fourth-order valence-electron chi connectivity index (χ4n) is 3.93. The lowest BCUT2D eigenvalue weighted by Crippen LogP contribution is -2.34. The second-order valence-electron chi connectivity index (χ2n) is 6.79. The fraction of sp³-hybridized carbons (Fsp3) is 0.250. The Bertz CT molecular complexity index is 942. The summed E-state index contributed by atoms with van der Waals surface area (Å²) in [4.78, 5) is 27.7. The predicted molar refractivity (Wildman–Crippen MR) is 111 cm³/mol. The zero-order valence-corrected chi connectivity index (χ0v) is 16.7. The van der Waals surface area contributed by atoms with E-state index in [1.54, 1.807) is 13.8 Å². The van der Waals surface area contributed by atoms with Crippen LogP contribution >= 0.6 is 0 Å². The molecule has 1 aliphatic heterocycles. The number of para-hydroxylation sites is 1. The molecule has 1 aliphatic rings. The number of ether oxygens (including phenoxy) is 1. The molecule has 4 nitrogen and oxygen atoms in total. The Morgan fingerprint density at radius 2 is 1.43 bits per heavy atom. The number of ketones is 1. The number of hydrogen-bond donors (Lipinski definition) is 0. The highest BCUT2D eigenvalue weighted by molar-refractivity contribution is 6.03. The molecule has 144 valence electrons. The second kappa shape index (κ2) is 8.26. The molecule has 0 aromatic heterocycles. The fourth-order valence-corrected chi connectivity index (χ4v) is 3.93. The highest BCUT2D eigenvalue weighted by Crippen LogP contribution is 2.44. The third kappa shape index (κ3) is 3.50. The van der Waals surface area contributed by atoms with Crippen molar-refractivity contribution in [1.82, 2.24) is 0 Å². The summed E-state index contributed by atoms with van der Waals surface area (Å²) >= 11 is 0. The largest absolute Gasteiger partial charge is 0.463 e. The summed E-state index contributed by atoms with van der Waals surface area (Å²) in [6.45, 7) is 7.47. The minimum absolute atomic E-state index is 0.0541. The molecule has 0 amide bonds. The number of carbonyl (C=O) groups excluding carboxylic acids is 2. The summed E-state index contributed by atoms with van der Waals surface area (Å²) in [5, 5.41) is 0. The average molecular weight is 375 g/mol. The summed E-state index contributed by atoms with van der Waals surface area (Å²) in [7, 11) is 0. The van der Waals surface area contributed by atoms with Crippen molar-refractivity contribution < 1.29 is 14.3 Å². The Balaban J connectivity index is 2.30. The first-order chi connectivity index (χ1) is 13.5. The van der Waals surface area contributed by atoms with Gasteiger partial charge in [-0.3, -0.25) is 4.79 Å². The maximum absolute atomic E-state index is 13.0. The van der Waals surface area contributed by atoms with Crippen LogP contribution in [0, 0.1) is 0 Å². The maximum atomic E-state index is 13.0. The van der Waals surface area contributed by atoms with E-state index in [2.05, 4.69) is 0 Å². The number of rotatable bonds is 5. The molecule has 1 heterocycles. The van der Waals surface area contributed by atoms with Crippen LogP contribution in [0.15, 0.2) is 83.2 Å². The third-order valence-electron chi connectivity index (χ3n) is 5.05. The van der Waals surface area contributed by atoms with Gasteiger partial charge in [-0.2, -0.15) is 0 Å². The molecule has 1 atom stereocenters. The maximum Gasteiger partial charge on any atom is 0.336 e. The number of nitrogens with zero attached hydrogens (tertiary/aromatic N) is 1. The third-order valence-corrected chi connectivity index (χ3v) is 5.05. The number of carbonyl (C=O) groups is 2. The van der Waals surface area contributed by atoms with Crippen molar-refractivity contribution in [3.8, 4) is 0 Å². The number of esters is 1. The van der Waals surface area contributed by atoms with Gasteiger partial charge in [0.1, 0.15) is 0 Å². The van der Waals surface area contributed by atoms with Crippen LogP contribution in [0.4, 0.5) is 5.69 Å². The van der Waals surface area contributed by atoms with Crippen LogP contribution in [-0.4, -0.2) is 18.4 Å². The molecule has 0 aliphatic carbocycles. The van der Waals surface area contributed by atoms with Crippen LogP contribution in [0.1, 0.15) is 39.2 Å². The molecule has 0 fully saturated rings. The Morgan fingerprint density at radius 3 is 1.96 bits per heavy atom. The van der Waals surface area contributed by atoms with Gasteiger partial charge in [0.05, 0.1) is 12.2 Å². The molecule has 2 aromatic rings. The van der Waals surface area contributed by atoms with Crippen molar-refractivity contribution in [2.24, 2.45) is 0 Å². The molecule has 0 saturated heterocycles. The van der Waals surface area contributed by atoms with Crippen molar-refractivity contribution >= 4 is 17.4 Å². The molecule has 0 bridgehead atoms. The number of benzene rings is 2. The number of Topliss-reactive ketones (excluding diaryl/α,β-unsaturated/α-hetero) is 1. The lowest BCUT2D eigenvalue weighted by molar-refractivity contribution is -0.138. The standard InChI is InChI=1S/C24H25NO3/c1-5-28-24(27)22-17(3)25(20-14-10-7-11-15-20)16(2)21(18(4)26)23(22)19-12-8-6-9-13-19/h6-15,23H,5H2,1-4H3. The monoisotopic (exact) mass is 375 g/mol. The number of hydrogen-bond acceptors (Lipinski definition) is 4. The Morgan fingerprint density at radius 1 is 0.893 bits per heavy atom. The molecule has 1 unspecified atom stereocenters. The van der Waals surface area contributed by atoms with Gasteiger partial charge in [-0.05, 0) is 45.4 Å². The van der Waals surface area contributed by atoms with E-state index in [0.717, 1.165) is 22.6 Å². The van der Waals surface area contributed by atoms with Gasteiger partial charge in [0.25, 0.3) is 0 Å². The van der Waals surface area contributed by atoms with E-state index in [1.807, 2.05) is 79.4 Å². The molecular formula is C24H25NO3. The van der Waals surface area contributed by atoms with Gasteiger partial charge in [0, 0.05) is 28.6 Å². The van der Waals surface area contributed by atoms with E-state index in [0.29, 0.717) is 11.1 Å². The molecular weight excluding hydrogens is 350 g/mol. The van der Waals surface area contributed by atoms with Crippen molar-refractivity contribution in [3.05, 3.63) is 88.8 Å². The van der Waals surface area contributed by atoms with Crippen molar-refractivity contribution in [2.45, 2.75) is 33.6 Å². The van der Waals surface area contributed by atoms with Gasteiger partial charge in [-0.25, -0.2) is 4.79 Å². The number of anilines is 1. The Kier molecular flexibility index (Phi) is 5.78. The highest BCUT2D eigenvalue weighted by Gasteiger charge is 2.38. The first-order valence-corrected chi connectivity index (χ1v) is 9.47. The van der Waals surface area contributed by atoms with Crippen LogP contribution in [0.5, 0.6) is 0 Å². The predicted octanol–water partition coefficient (Wildman–Crippen LogP) is 4.99. The van der Waals surface area contributed by atoms with Crippen LogP contribution in [-0.2, 0) is 14.3 Å². The van der Waals surface area contributed by atoms with Gasteiger partial charge in [0.15, 0.2) is 5.78 Å². The molecule has 0 N–H and O–H groups in total. The van der Waals surface area contributed by atoms with Crippen LogP contribution in [0.3, 0.4) is 0 Å². The number of allylic oxidation sites excluding steroid dienone is 3. The summed E-state index contributed by atoms with van der Waals surface area (Å²) in [6, 6.07) is 19.4. The smallest absolute Gasteiger partial charge is 0.336 e. The SMILES string of the molecule is CCOC(=O)C1=C(C)N(c2ccccc2)C(C)=C(C(C)=O)C1c1ccccc1. The molecule has 28 heavy (non-hydrogen) atoms. The van der Waals surface area contributed by atoms with E-state index in [-0.39, 0.29) is 18.4 Å². The van der Waals surface area contributed by atoms with Gasteiger partial charge >= 0.3 is 5.97 Å². The van der Waals surface area contributed by atoms with E-state index < -0.39 is 5.92 Å². The summed E-state index contributed by atoms with van der Waals surface area (Å²) in [5.74, 6) is -0.889. The average Bonchev–Trinajstić information content (AvgIpc) is 2.69. The van der Waals surface area contributed by atoms with Crippen LogP contribution in [0.2, 0.25) is 0 Å². The normalized spacial score (nSPS) is 17.0. The second-order valence-corrected chi connectivity index (χ2v) is 6.79. The van der Waals surface area contributed by atoms with E-state index in [1.165, 1.54) is 0 Å². The first kappa shape index (κ1) is 19.6. The van der Waals surface area contributed by atoms with E-state index in [9.17, 15) is 9.59 Å². The summed E-state index contributed by atoms with van der Waals surface area (Å²) in [6.07, 6.45) is 0. The lowest BCUT2D eigenvalue weighted by Gasteiger charge is -2.38. The lowest BCUT2D eigenvalue weighted by atomic mass is 9.78. The zero-order valence-electron chi connectivity index (χ0n) is 16.7. The molecule has 0 spiro atoms. The van der Waals surface area contributed by atoms with Crippen molar-refractivity contribution in [3.63, 3.8) is 0 Å². The van der Waals surface area contributed by atoms with Crippen molar-refractivity contribution in [2.75, 3.05) is 11.5 Å². The quantitative estimate of drug-likeness (QED) is 0.691. The van der Waals surface area contributed by atoms with Gasteiger partial charge in [0.2, 0.25) is 0 Å². The summed E-state index contributed by atoms with van der Waals surface area (Å²) < 4.78 is 5.39. The minimum atomic E-state index is -0.447. The van der Waals surface area contributed by atoms with Crippen LogP contribution in [0.25, 0.3) is 0 Å². The first-order valence-electron chi connectivity index (χ1n) is 9.47. The van der Waals surface area contributed by atoms with Crippen LogP contribution < -0.4 is 4.90 Å². The molecule has 3 rings (SSSR count). The molecule has 4 heteroatoms. The molecule has 2 aromatic carbocycles.